The minimum absolute atomic E-state index is 0.188. The predicted molar refractivity (Wildman–Crippen MR) is 60.1 cm³/mol. The van der Waals surface area contributed by atoms with Gasteiger partial charge in [-0.25, -0.2) is 9.37 Å². The van der Waals surface area contributed by atoms with Crippen molar-refractivity contribution in [2.45, 2.75) is 6.18 Å². The third-order valence-electron chi connectivity index (χ3n) is 2.27. The summed E-state index contributed by atoms with van der Waals surface area (Å²) < 4.78 is 60.6. The second-order valence-corrected chi connectivity index (χ2v) is 3.62. The largest absolute Gasteiger partial charge is 0.481 e. The van der Waals surface area contributed by atoms with E-state index in [1.54, 1.807) is 0 Å². The molecule has 1 aromatic carbocycles. The predicted octanol–water partition coefficient (Wildman–Crippen LogP) is 3.44. The van der Waals surface area contributed by atoms with E-state index in [4.69, 9.17) is 9.47 Å². The fourth-order valence-electron chi connectivity index (χ4n) is 1.38. The van der Waals surface area contributed by atoms with E-state index in [0.29, 0.717) is 12.1 Å². The summed E-state index contributed by atoms with van der Waals surface area (Å²) in [5, 5.41) is 0. The molecule has 0 atom stereocenters. The van der Waals surface area contributed by atoms with Crippen molar-refractivity contribution in [2.75, 3.05) is 7.11 Å². The van der Waals surface area contributed by atoms with Gasteiger partial charge in [-0.3, -0.25) is 0 Å². The lowest BCUT2D eigenvalue weighted by Crippen LogP contribution is -2.08. The van der Waals surface area contributed by atoms with E-state index < -0.39 is 17.6 Å². The molecule has 4 nitrogen and oxygen atoms in total. The van der Waals surface area contributed by atoms with Crippen LogP contribution in [0.4, 0.5) is 17.6 Å². The van der Waals surface area contributed by atoms with Gasteiger partial charge in [0, 0.05) is 12.3 Å². The lowest BCUT2D eigenvalue weighted by molar-refractivity contribution is -0.140. The molecule has 0 radical (unpaired) electrons. The minimum Gasteiger partial charge on any atom is -0.481 e. The molecule has 0 unspecified atom stereocenters. The molecular weight excluding hydrogens is 280 g/mol. The van der Waals surface area contributed by atoms with Gasteiger partial charge in [0.05, 0.1) is 12.7 Å². The van der Waals surface area contributed by atoms with Crippen LogP contribution >= 0.6 is 0 Å². The number of hydrogen-bond acceptors (Lipinski definition) is 4. The highest BCUT2D eigenvalue weighted by Gasteiger charge is 2.34. The molecule has 2 rings (SSSR count). The molecule has 0 amide bonds. The smallest absolute Gasteiger partial charge is 0.419 e. The highest BCUT2D eigenvalue weighted by atomic mass is 19.4. The molecule has 106 valence electrons. The Morgan fingerprint density at radius 1 is 1.15 bits per heavy atom. The fourth-order valence-corrected chi connectivity index (χ4v) is 1.38. The van der Waals surface area contributed by atoms with Crippen molar-refractivity contribution < 1.29 is 27.0 Å². The van der Waals surface area contributed by atoms with Gasteiger partial charge in [0.25, 0.3) is 0 Å². The second kappa shape index (κ2) is 5.32. The van der Waals surface area contributed by atoms with Crippen LogP contribution in [-0.4, -0.2) is 17.1 Å². The molecule has 8 heteroatoms. The highest BCUT2D eigenvalue weighted by molar-refractivity contribution is 5.33. The molecule has 0 spiro atoms. The first-order chi connectivity index (χ1) is 9.40. The van der Waals surface area contributed by atoms with E-state index in [1.807, 2.05) is 0 Å². The Hall–Kier alpha value is -2.38. The van der Waals surface area contributed by atoms with E-state index in [-0.39, 0.29) is 17.6 Å². The fraction of sp³-hybridized carbons (Fsp3) is 0.167. The van der Waals surface area contributed by atoms with E-state index in [0.717, 1.165) is 6.07 Å². The molecular formula is C12H8F4N2O2. The quantitative estimate of drug-likeness (QED) is 0.812. The molecule has 2 aromatic rings. The van der Waals surface area contributed by atoms with Crippen LogP contribution in [0.2, 0.25) is 0 Å². The zero-order chi connectivity index (χ0) is 14.8. The molecule has 0 N–H and O–H groups in total. The summed E-state index contributed by atoms with van der Waals surface area (Å²) in [6.45, 7) is 0. The number of methoxy groups -OCH3 is 1. The SMILES string of the molecule is COc1ccnc(Oc2ccc(F)c(C(F)(F)F)c2)n1. The Balaban J connectivity index is 2.30. The van der Waals surface area contributed by atoms with Gasteiger partial charge in [-0.05, 0) is 18.2 Å². The van der Waals surface area contributed by atoms with Gasteiger partial charge in [-0.2, -0.15) is 18.2 Å². The zero-order valence-electron chi connectivity index (χ0n) is 10.1. The summed E-state index contributed by atoms with van der Waals surface area (Å²) in [5.41, 5.74) is -1.42. The Morgan fingerprint density at radius 2 is 1.90 bits per heavy atom. The van der Waals surface area contributed by atoms with E-state index in [9.17, 15) is 17.6 Å². The molecule has 0 saturated carbocycles. The van der Waals surface area contributed by atoms with Gasteiger partial charge in [0.15, 0.2) is 0 Å². The average Bonchev–Trinajstić information content (AvgIpc) is 2.40. The van der Waals surface area contributed by atoms with E-state index in [1.165, 1.54) is 19.4 Å². The van der Waals surface area contributed by atoms with Crippen LogP contribution in [0.15, 0.2) is 30.5 Å². The first-order valence-electron chi connectivity index (χ1n) is 5.32. The van der Waals surface area contributed by atoms with Crippen molar-refractivity contribution in [1.82, 2.24) is 9.97 Å². The molecule has 0 aliphatic heterocycles. The molecule has 0 saturated heterocycles. The van der Waals surface area contributed by atoms with Gasteiger partial charge >= 0.3 is 12.2 Å². The molecule has 0 bridgehead atoms. The van der Waals surface area contributed by atoms with Crippen LogP contribution in [0.3, 0.4) is 0 Å². The standard InChI is InChI=1S/C12H8F4N2O2/c1-19-10-4-5-17-11(18-10)20-7-2-3-9(13)8(6-7)12(14,15)16/h2-6H,1H3. The van der Waals surface area contributed by atoms with Gasteiger partial charge in [-0.1, -0.05) is 0 Å². The Bertz CT molecular complexity index is 617. The zero-order valence-corrected chi connectivity index (χ0v) is 10.1. The van der Waals surface area contributed by atoms with Gasteiger partial charge in [0.1, 0.15) is 11.6 Å². The number of hydrogen-bond donors (Lipinski definition) is 0. The van der Waals surface area contributed by atoms with Gasteiger partial charge in [-0.15, -0.1) is 0 Å². The van der Waals surface area contributed by atoms with Gasteiger partial charge < -0.3 is 9.47 Å². The molecule has 0 aliphatic carbocycles. The van der Waals surface area contributed by atoms with Crippen LogP contribution in [0.25, 0.3) is 0 Å². The third-order valence-corrected chi connectivity index (χ3v) is 2.27. The van der Waals surface area contributed by atoms with Crippen LogP contribution in [0, 0.1) is 5.82 Å². The maximum Gasteiger partial charge on any atom is 0.419 e. The van der Waals surface area contributed by atoms with Crippen molar-refractivity contribution in [3.05, 3.63) is 41.8 Å². The molecule has 1 heterocycles. The Morgan fingerprint density at radius 3 is 2.55 bits per heavy atom. The van der Waals surface area contributed by atoms with Crippen molar-refractivity contribution in [1.29, 1.82) is 0 Å². The summed E-state index contributed by atoms with van der Waals surface area (Å²) in [7, 11) is 1.37. The summed E-state index contributed by atoms with van der Waals surface area (Å²) in [6.07, 6.45) is -3.49. The number of nitrogens with zero attached hydrogens (tertiary/aromatic N) is 2. The van der Waals surface area contributed by atoms with Crippen LogP contribution in [0.5, 0.6) is 17.6 Å². The summed E-state index contributed by atoms with van der Waals surface area (Å²) in [5.74, 6) is -1.42. The summed E-state index contributed by atoms with van der Waals surface area (Å²) in [4.78, 5) is 7.48. The van der Waals surface area contributed by atoms with E-state index >= 15 is 0 Å². The molecule has 20 heavy (non-hydrogen) atoms. The summed E-state index contributed by atoms with van der Waals surface area (Å²) >= 11 is 0. The van der Waals surface area contributed by atoms with Crippen LogP contribution in [0.1, 0.15) is 5.56 Å². The maximum atomic E-state index is 13.1. The number of ether oxygens (including phenoxy) is 2. The number of rotatable bonds is 3. The lowest BCUT2D eigenvalue weighted by atomic mass is 10.2. The molecule has 0 aliphatic rings. The van der Waals surface area contributed by atoms with Crippen molar-refractivity contribution in [3.63, 3.8) is 0 Å². The normalized spacial score (nSPS) is 11.2. The van der Waals surface area contributed by atoms with Crippen molar-refractivity contribution >= 4 is 0 Å². The second-order valence-electron chi connectivity index (χ2n) is 3.62. The third kappa shape index (κ3) is 3.14. The first-order valence-corrected chi connectivity index (χ1v) is 5.32. The van der Waals surface area contributed by atoms with E-state index in [2.05, 4.69) is 9.97 Å². The lowest BCUT2D eigenvalue weighted by Gasteiger charge is -2.10. The van der Waals surface area contributed by atoms with Crippen LogP contribution in [-0.2, 0) is 6.18 Å². The van der Waals surface area contributed by atoms with Gasteiger partial charge in [0.2, 0.25) is 5.88 Å². The average molecular weight is 288 g/mol. The summed E-state index contributed by atoms with van der Waals surface area (Å²) in [6, 6.07) is 3.49. The van der Waals surface area contributed by atoms with Crippen molar-refractivity contribution in [2.24, 2.45) is 0 Å². The molecule has 0 fully saturated rings. The van der Waals surface area contributed by atoms with Crippen LogP contribution < -0.4 is 9.47 Å². The topological polar surface area (TPSA) is 44.2 Å². The Kier molecular flexibility index (Phi) is 3.73. The Labute approximate surface area is 111 Å². The number of benzene rings is 1. The van der Waals surface area contributed by atoms with Crippen molar-refractivity contribution in [3.8, 4) is 17.6 Å². The molecule has 1 aromatic heterocycles. The number of halogens is 4. The highest BCUT2D eigenvalue weighted by Crippen LogP contribution is 2.34. The number of alkyl halides is 3. The minimum atomic E-state index is -4.81. The number of aromatic nitrogens is 2. The first kappa shape index (κ1) is 14.0. The maximum absolute atomic E-state index is 13.1. The monoisotopic (exact) mass is 288 g/mol.